The molecule has 0 saturated carbocycles. The summed E-state index contributed by atoms with van der Waals surface area (Å²) in [5, 5.41) is 21.9. The number of ether oxygens (including phenoxy) is 1. The number of nitrogens with zero attached hydrogens (tertiary/aromatic N) is 1. The quantitative estimate of drug-likeness (QED) is 0.485. The van der Waals surface area contributed by atoms with Gasteiger partial charge in [0.15, 0.2) is 5.60 Å². The van der Waals surface area contributed by atoms with E-state index in [0.717, 1.165) is 43.5 Å². The number of hydrogen-bond donors (Lipinski definition) is 1. The van der Waals surface area contributed by atoms with Crippen molar-refractivity contribution in [3.05, 3.63) is 69.8 Å². The molecule has 1 unspecified atom stereocenters. The number of nitro groups is 1. The topological polar surface area (TPSA) is 72.6 Å². The Morgan fingerprint density at radius 1 is 0.962 bits per heavy atom. The van der Waals surface area contributed by atoms with Crippen LogP contribution in [0, 0.1) is 10.1 Å². The van der Waals surface area contributed by atoms with E-state index >= 15 is 0 Å². The van der Waals surface area contributed by atoms with Gasteiger partial charge in [-0.2, -0.15) is 22.0 Å². The van der Waals surface area contributed by atoms with Crippen molar-refractivity contribution < 1.29 is 36.7 Å². The van der Waals surface area contributed by atoms with Gasteiger partial charge in [-0.3, -0.25) is 10.1 Å². The molecule has 0 spiro atoms. The Labute approximate surface area is 143 Å². The predicted molar refractivity (Wildman–Crippen MR) is 80.1 cm³/mol. The molecule has 0 aliphatic carbocycles. The highest BCUT2D eigenvalue weighted by Crippen LogP contribution is 2.55. The average Bonchev–Trinajstić information content (AvgIpc) is 2.59. The van der Waals surface area contributed by atoms with E-state index in [1.54, 1.807) is 0 Å². The van der Waals surface area contributed by atoms with Crippen molar-refractivity contribution in [2.24, 2.45) is 0 Å². The fourth-order valence-corrected chi connectivity index (χ4v) is 2.57. The second-order valence-corrected chi connectivity index (χ2v) is 5.26. The number of nitro benzene ring substituents is 1. The number of halogens is 5. The van der Waals surface area contributed by atoms with Gasteiger partial charge in [0.2, 0.25) is 0 Å². The first-order valence-electron chi connectivity index (χ1n) is 7.02. The molecule has 0 aliphatic heterocycles. The summed E-state index contributed by atoms with van der Waals surface area (Å²) in [5.74, 6) is -6.25. The largest absolute Gasteiger partial charge is 0.496 e. The lowest BCUT2D eigenvalue weighted by atomic mass is 9.79. The van der Waals surface area contributed by atoms with E-state index in [9.17, 15) is 37.2 Å². The summed E-state index contributed by atoms with van der Waals surface area (Å²) < 4.78 is 73.1. The third-order valence-electron chi connectivity index (χ3n) is 3.80. The molecule has 0 heterocycles. The fourth-order valence-electron chi connectivity index (χ4n) is 2.57. The van der Waals surface area contributed by atoms with Crippen molar-refractivity contribution in [1.82, 2.24) is 0 Å². The Balaban J connectivity index is 2.96. The molecule has 0 aromatic heterocycles. The Bertz CT molecular complexity index is 824. The first kappa shape index (κ1) is 19.6. The van der Waals surface area contributed by atoms with Crippen molar-refractivity contribution in [2.45, 2.75) is 17.7 Å². The molecule has 0 fully saturated rings. The van der Waals surface area contributed by atoms with E-state index in [4.69, 9.17) is 4.74 Å². The summed E-state index contributed by atoms with van der Waals surface area (Å²) in [4.78, 5) is 10.0. The van der Waals surface area contributed by atoms with Gasteiger partial charge in [0, 0.05) is 11.6 Å². The van der Waals surface area contributed by atoms with Crippen LogP contribution in [0.3, 0.4) is 0 Å². The van der Waals surface area contributed by atoms with Crippen molar-refractivity contribution in [2.75, 3.05) is 7.11 Å². The normalized spacial score (nSPS) is 14.6. The summed E-state index contributed by atoms with van der Waals surface area (Å²) in [7, 11) is 1.00. The summed E-state index contributed by atoms with van der Waals surface area (Å²) in [6.45, 7) is 0. The van der Waals surface area contributed by atoms with Crippen molar-refractivity contribution in [1.29, 1.82) is 0 Å². The van der Waals surface area contributed by atoms with Crippen LogP contribution < -0.4 is 4.74 Å². The second kappa shape index (κ2) is 6.52. The molecule has 0 saturated heterocycles. The number of rotatable bonds is 5. The van der Waals surface area contributed by atoms with E-state index in [1.165, 1.54) is 6.07 Å². The lowest BCUT2D eigenvalue weighted by molar-refractivity contribution is -0.389. The van der Waals surface area contributed by atoms with Gasteiger partial charge in [-0.1, -0.05) is 30.3 Å². The number of methoxy groups -OCH3 is 1. The van der Waals surface area contributed by atoms with Gasteiger partial charge in [-0.25, -0.2) is 0 Å². The zero-order chi connectivity index (χ0) is 19.8. The van der Waals surface area contributed by atoms with Gasteiger partial charge >= 0.3 is 12.1 Å². The molecule has 1 N–H and O–H groups in total. The zero-order valence-corrected chi connectivity index (χ0v) is 13.1. The standard InChI is InChI=1S/C16H12F5NO4/c1-26-13-9-5-3-7-11(13)14(23,15(17,18)16(19,20)21)10-6-2-4-8-12(10)22(24)25/h2-9,23H,1H3. The highest BCUT2D eigenvalue weighted by atomic mass is 19.4. The number of para-hydroxylation sites is 2. The number of hydrogen-bond acceptors (Lipinski definition) is 4. The van der Waals surface area contributed by atoms with Crippen LogP contribution in [0.25, 0.3) is 0 Å². The highest BCUT2D eigenvalue weighted by molar-refractivity contribution is 5.54. The molecule has 0 aliphatic rings. The van der Waals surface area contributed by atoms with Crippen LogP contribution in [-0.2, 0) is 5.60 Å². The van der Waals surface area contributed by atoms with Gasteiger partial charge in [0.1, 0.15) is 5.75 Å². The molecule has 0 amide bonds. The maximum atomic E-state index is 14.5. The summed E-state index contributed by atoms with van der Waals surface area (Å²) >= 11 is 0. The number of aliphatic hydroxyl groups is 1. The van der Waals surface area contributed by atoms with Crippen molar-refractivity contribution in [3.63, 3.8) is 0 Å². The van der Waals surface area contributed by atoms with E-state index in [2.05, 4.69) is 0 Å². The molecular weight excluding hydrogens is 365 g/mol. The lowest BCUT2D eigenvalue weighted by Crippen LogP contribution is -2.55. The van der Waals surface area contributed by atoms with Crippen LogP contribution in [-0.4, -0.2) is 29.2 Å². The number of benzene rings is 2. The molecule has 2 rings (SSSR count). The van der Waals surface area contributed by atoms with E-state index in [0.29, 0.717) is 6.07 Å². The smallest absolute Gasteiger partial charge is 0.457 e. The predicted octanol–water partition coefficient (Wildman–Crippen LogP) is 4.04. The van der Waals surface area contributed by atoms with Crippen LogP contribution in [0.5, 0.6) is 5.75 Å². The first-order chi connectivity index (χ1) is 12.0. The molecule has 10 heteroatoms. The monoisotopic (exact) mass is 377 g/mol. The van der Waals surface area contributed by atoms with Crippen LogP contribution in [0.4, 0.5) is 27.6 Å². The van der Waals surface area contributed by atoms with E-state index < -0.39 is 45.2 Å². The van der Waals surface area contributed by atoms with Gasteiger partial charge < -0.3 is 9.84 Å². The van der Waals surface area contributed by atoms with Crippen LogP contribution in [0.15, 0.2) is 48.5 Å². The zero-order valence-electron chi connectivity index (χ0n) is 13.1. The maximum absolute atomic E-state index is 14.5. The Kier molecular flexibility index (Phi) is 4.91. The Morgan fingerprint density at radius 3 is 1.96 bits per heavy atom. The molecular formula is C16H12F5NO4. The Hall–Kier alpha value is -2.75. The van der Waals surface area contributed by atoms with E-state index in [1.807, 2.05) is 0 Å². The van der Waals surface area contributed by atoms with Crippen LogP contribution in [0.1, 0.15) is 11.1 Å². The summed E-state index contributed by atoms with van der Waals surface area (Å²) in [5.41, 5.74) is -7.36. The molecule has 0 radical (unpaired) electrons. The lowest BCUT2D eigenvalue weighted by Gasteiger charge is -2.37. The SMILES string of the molecule is COc1ccccc1C(O)(c1ccccc1[N+](=O)[O-])C(F)(F)C(F)(F)F. The van der Waals surface area contributed by atoms with E-state index in [-0.39, 0.29) is 0 Å². The summed E-state index contributed by atoms with van der Waals surface area (Å²) in [6, 6.07) is 7.69. The van der Waals surface area contributed by atoms with Crippen LogP contribution >= 0.6 is 0 Å². The molecule has 0 bridgehead atoms. The molecule has 2 aromatic rings. The molecule has 2 aromatic carbocycles. The first-order valence-corrected chi connectivity index (χ1v) is 7.02. The van der Waals surface area contributed by atoms with Crippen LogP contribution in [0.2, 0.25) is 0 Å². The highest BCUT2D eigenvalue weighted by Gasteiger charge is 2.73. The fraction of sp³-hybridized carbons (Fsp3) is 0.250. The third-order valence-corrected chi connectivity index (χ3v) is 3.80. The maximum Gasteiger partial charge on any atom is 0.457 e. The van der Waals surface area contributed by atoms with Gasteiger partial charge in [0.25, 0.3) is 5.69 Å². The van der Waals surface area contributed by atoms with Crippen molar-refractivity contribution in [3.8, 4) is 5.75 Å². The minimum atomic E-state index is -6.20. The minimum Gasteiger partial charge on any atom is -0.496 e. The summed E-state index contributed by atoms with van der Waals surface area (Å²) in [6.07, 6.45) is -6.20. The third kappa shape index (κ3) is 2.85. The second-order valence-electron chi connectivity index (χ2n) is 5.26. The van der Waals surface area contributed by atoms with Gasteiger partial charge in [0.05, 0.1) is 17.6 Å². The van der Waals surface area contributed by atoms with Gasteiger partial charge in [-0.05, 0) is 12.1 Å². The van der Waals surface area contributed by atoms with Gasteiger partial charge in [-0.15, -0.1) is 0 Å². The average molecular weight is 377 g/mol. The molecule has 140 valence electrons. The molecule has 5 nitrogen and oxygen atoms in total. The number of alkyl halides is 5. The van der Waals surface area contributed by atoms with Crippen molar-refractivity contribution >= 4 is 5.69 Å². The Morgan fingerprint density at radius 2 is 1.46 bits per heavy atom. The minimum absolute atomic E-state index is 0.489. The molecule has 26 heavy (non-hydrogen) atoms. The molecule has 1 atom stereocenters.